The molecule has 1 aliphatic rings. The van der Waals surface area contributed by atoms with Gasteiger partial charge in [0.15, 0.2) is 0 Å². The summed E-state index contributed by atoms with van der Waals surface area (Å²) in [7, 11) is -2.22. The van der Waals surface area contributed by atoms with Crippen molar-refractivity contribution in [3.63, 3.8) is 0 Å². The first-order valence-electron chi connectivity index (χ1n) is 7.59. The molecule has 21 heavy (non-hydrogen) atoms. The van der Waals surface area contributed by atoms with Crippen LogP contribution in [0.5, 0.6) is 0 Å². The molecule has 1 aliphatic heterocycles. The predicted octanol–water partition coefficient (Wildman–Crippen LogP) is 3.11. The number of rotatable bonds is 3. The minimum absolute atomic E-state index is 0.109. The fourth-order valence-corrected chi connectivity index (χ4v) is 3.40. The second kappa shape index (κ2) is 6.10. The molecule has 1 aromatic rings. The monoisotopic (exact) mass is 310 g/mol. The number of hydrogen-bond acceptors (Lipinski definition) is 4. The quantitative estimate of drug-likeness (QED) is 0.805. The van der Waals surface area contributed by atoms with Gasteiger partial charge in [-0.15, -0.1) is 0 Å². The van der Waals surface area contributed by atoms with Crippen molar-refractivity contribution in [2.75, 3.05) is 31.3 Å². The molecule has 2 rings (SSSR count). The van der Waals surface area contributed by atoms with E-state index in [0.717, 1.165) is 37.1 Å². The van der Waals surface area contributed by atoms with E-state index in [2.05, 4.69) is 30.7 Å². The summed E-state index contributed by atoms with van der Waals surface area (Å²) in [6.07, 6.45) is 4.23. The van der Waals surface area contributed by atoms with Crippen LogP contribution in [0.3, 0.4) is 0 Å². The van der Waals surface area contributed by atoms with E-state index in [1.807, 2.05) is 12.1 Å². The summed E-state index contributed by atoms with van der Waals surface area (Å²) < 4.78 is 18.1. The number of ether oxygens (including phenoxy) is 1. The standard InChI is InChI=1S/C16H27N2O2P/c1-16(2,3)20-13-7-6-10-18(12-13)15-9-8-14(11-17-15)21(4,5)19/h8-9,11,13H,6-7,10,12H2,1-5H3. The van der Waals surface area contributed by atoms with Gasteiger partial charge in [-0.25, -0.2) is 4.98 Å². The molecule has 2 heterocycles. The highest BCUT2D eigenvalue weighted by Gasteiger charge is 2.25. The summed E-state index contributed by atoms with van der Waals surface area (Å²) in [4.78, 5) is 6.76. The molecule has 0 bridgehead atoms. The Morgan fingerprint density at radius 3 is 2.57 bits per heavy atom. The van der Waals surface area contributed by atoms with Gasteiger partial charge in [0.2, 0.25) is 0 Å². The Balaban J connectivity index is 2.06. The molecule has 1 fully saturated rings. The molecule has 4 nitrogen and oxygen atoms in total. The molecule has 1 aromatic heterocycles. The second-order valence-corrected chi connectivity index (χ2v) is 10.4. The number of anilines is 1. The lowest BCUT2D eigenvalue weighted by molar-refractivity contribution is -0.0636. The Hall–Kier alpha value is -0.860. The Bertz CT molecular complexity index is 516. The van der Waals surface area contributed by atoms with E-state index < -0.39 is 7.14 Å². The highest BCUT2D eigenvalue weighted by molar-refractivity contribution is 7.70. The van der Waals surface area contributed by atoms with Crippen molar-refractivity contribution in [3.8, 4) is 0 Å². The van der Waals surface area contributed by atoms with E-state index in [9.17, 15) is 4.57 Å². The van der Waals surface area contributed by atoms with Crippen molar-refractivity contribution in [3.05, 3.63) is 18.3 Å². The van der Waals surface area contributed by atoms with Crippen LogP contribution in [-0.4, -0.2) is 43.1 Å². The van der Waals surface area contributed by atoms with Gasteiger partial charge in [-0.05, 0) is 59.1 Å². The molecule has 5 heteroatoms. The number of hydrogen-bond donors (Lipinski definition) is 0. The van der Waals surface area contributed by atoms with Gasteiger partial charge >= 0.3 is 0 Å². The third-order valence-electron chi connectivity index (χ3n) is 3.58. The van der Waals surface area contributed by atoms with Crippen LogP contribution in [0.15, 0.2) is 18.3 Å². The van der Waals surface area contributed by atoms with Gasteiger partial charge in [0.05, 0.1) is 11.7 Å². The minimum atomic E-state index is -2.22. The molecule has 1 atom stereocenters. The van der Waals surface area contributed by atoms with Gasteiger partial charge in [0, 0.05) is 24.6 Å². The van der Waals surface area contributed by atoms with Crippen LogP contribution in [0, 0.1) is 0 Å². The van der Waals surface area contributed by atoms with Crippen LogP contribution >= 0.6 is 7.14 Å². The number of nitrogens with zero attached hydrogens (tertiary/aromatic N) is 2. The van der Waals surface area contributed by atoms with Crippen molar-refractivity contribution >= 4 is 18.3 Å². The maximum atomic E-state index is 12.0. The molecular formula is C16H27N2O2P. The highest BCUT2D eigenvalue weighted by atomic mass is 31.2. The van der Waals surface area contributed by atoms with E-state index >= 15 is 0 Å². The smallest absolute Gasteiger partial charge is 0.128 e. The third-order valence-corrected chi connectivity index (χ3v) is 5.08. The van der Waals surface area contributed by atoms with Gasteiger partial charge in [0.25, 0.3) is 0 Å². The van der Waals surface area contributed by atoms with Crippen LogP contribution in [-0.2, 0) is 9.30 Å². The fourth-order valence-electron chi connectivity index (χ4n) is 2.63. The van der Waals surface area contributed by atoms with Crippen LogP contribution in [0.25, 0.3) is 0 Å². The molecule has 0 saturated carbocycles. The maximum absolute atomic E-state index is 12.0. The SMILES string of the molecule is CC(C)(C)OC1CCCN(c2ccc(P(C)(C)=O)cn2)C1. The molecule has 1 saturated heterocycles. The minimum Gasteiger partial charge on any atom is -0.371 e. The summed E-state index contributed by atoms with van der Waals surface area (Å²) in [6.45, 7) is 11.7. The highest BCUT2D eigenvalue weighted by Crippen LogP contribution is 2.34. The largest absolute Gasteiger partial charge is 0.371 e. The molecule has 0 spiro atoms. The van der Waals surface area contributed by atoms with Crippen molar-refractivity contribution in [2.24, 2.45) is 0 Å². The summed E-state index contributed by atoms with van der Waals surface area (Å²) in [5, 5.41) is 0.839. The molecule has 0 aromatic carbocycles. The Kier molecular flexibility index (Phi) is 4.79. The number of piperidine rings is 1. The van der Waals surface area contributed by atoms with E-state index in [4.69, 9.17) is 4.74 Å². The summed E-state index contributed by atoms with van der Waals surface area (Å²) in [5.74, 6) is 0.953. The van der Waals surface area contributed by atoms with Crippen molar-refractivity contribution in [1.29, 1.82) is 0 Å². The van der Waals surface area contributed by atoms with Crippen molar-refractivity contribution in [2.45, 2.75) is 45.3 Å². The Labute approximate surface area is 128 Å². The van der Waals surface area contributed by atoms with E-state index in [0.29, 0.717) is 0 Å². The van der Waals surface area contributed by atoms with Crippen LogP contribution in [0.2, 0.25) is 0 Å². The molecule has 0 amide bonds. The fraction of sp³-hybridized carbons (Fsp3) is 0.688. The number of aromatic nitrogens is 1. The molecule has 0 radical (unpaired) electrons. The molecule has 0 aliphatic carbocycles. The first kappa shape index (κ1) is 16.5. The molecule has 1 unspecified atom stereocenters. The van der Waals surface area contributed by atoms with Crippen LogP contribution in [0.4, 0.5) is 5.82 Å². The third kappa shape index (κ3) is 4.82. The zero-order chi connectivity index (χ0) is 15.7. The maximum Gasteiger partial charge on any atom is 0.128 e. The topological polar surface area (TPSA) is 42.4 Å². The first-order chi connectivity index (χ1) is 9.65. The zero-order valence-electron chi connectivity index (χ0n) is 13.8. The Morgan fingerprint density at radius 1 is 1.33 bits per heavy atom. The van der Waals surface area contributed by atoms with Crippen LogP contribution in [0.1, 0.15) is 33.6 Å². The summed E-state index contributed by atoms with van der Waals surface area (Å²) in [5.41, 5.74) is -0.109. The lowest BCUT2D eigenvalue weighted by atomic mass is 10.1. The molecule has 118 valence electrons. The predicted molar refractivity (Wildman–Crippen MR) is 89.4 cm³/mol. The second-order valence-electron chi connectivity index (χ2n) is 7.17. The van der Waals surface area contributed by atoms with E-state index in [1.165, 1.54) is 0 Å². The molecular weight excluding hydrogens is 283 g/mol. The summed E-state index contributed by atoms with van der Waals surface area (Å²) in [6, 6.07) is 3.92. The normalized spacial score (nSPS) is 20.6. The van der Waals surface area contributed by atoms with E-state index in [1.54, 1.807) is 19.5 Å². The lowest BCUT2D eigenvalue weighted by Crippen LogP contribution is -2.43. The lowest BCUT2D eigenvalue weighted by Gasteiger charge is -2.36. The van der Waals surface area contributed by atoms with Gasteiger partial charge in [-0.3, -0.25) is 0 Å². The average Bonchev–Trinajstić information content (AvgIpc) is 2.36. The zero-order valence-corrected chi connectivity index (χ0v) is 14.7. The van der Waals surface area contributed by atoms with Gasteiger partial charge in [-0.2, -0.15) is 0 Å². The van der Waals surface area contributed by atoms with Gasteiger partial charge < -0.3 is 14.2 Å². The van der Waals surface area contributed by atoms with E-state index in [-0.39, 0.29) is 11.7 Å². The Morgan fingerprint density at radius 2 is 2.05 bits per heavy atom. The van der Waals surface area contributed by atoms with Gasteiger partial charge in [0.1, 0.15) is 13.0 Å². The van der Waals surface area contributed by atoms with Gasteiger partial charge in [-0.1, -0.05) is 0 Å². The number of pyridine rings is 1. The first-order valence-corrected chi connectivity index (χ1v) is 10.2. The van der Waals surface area contributed by atoms with Crippen molar-refractivity contribution < 1.29 is 9.30 Å². The molecule has 0 N–H and O–H groups in total. The van der Waals surface area contributed by atoms with Crippen LogP contribution < -0.4 is 10.2 Å². The van der Waals surface area contributed by atoms with Crippen molar-refractivity contribution in [1.82, 2.24) is 4.98 Å². The average molecular weight is 310 g/mol. The summed E-state index contributed by atoms with van der Waals surface area (Å²) >= 11 is 0.